The molecule has 1 aliphatic carbocycles. The third-order valence-corrected chi connectivity index (χ3v) is 5.99. The highest BCUT2D eigenvalue weighted by Crippen LogP contribution is 2.32. The van der Waals surface area contributed by atoms with Crippen LogP contribution in [-0.4, -0.2) is 44.9 Å². The lowest BCUT2D eigenvalue weighted by atomic mass is 10.0. The van der Waals surface area contributed by atoms with Crippen LogP contribution in [0.2, 0.25) is 0 Å². The lowest BCUT2D eigenvalue weighted by Crippen LogP contribution is -2.19. The van der Waals surface area contributed by atoms with Crippen molar-refractivity contribution in [1.82, 2.24) is 4.98 Å². The summed E-state index contributed by atoms with van der Waals surface area (Å²) in [6.07, 6.45) is 1.81. The van der Waals surface area contributed by atoms with Gasteiger partial charge < -0.3 is 9.47 Å². The zero-order valence-corrected chi connectivity index (χ0v) is 14.2. The summed E-state index contributed by atoms with van der Waals surface area (Å²) in [7, 11) is -1.79. The highest BCUT2D eigenvalue weighted by atomic mass is 32.2. The molecule has 1 fully saturated rings. The number of hydrogen-bond donors (Lipinski definition) is 1. The summed E-state index contributed by atoms with van der Waals surface area (Å²) in [5.74, 6) is -0.920. The molecule has 1 atom stereocenters. The minimum absolute atomic E-state index is 0.285. The summed E-state index contributed by atoms with van der Waals surface area (Å²) in [5.41, 5.74) is 0.508. The van der Waals surface area contributed by atoms with E-state index in [0.29, 0.717) is 31.6 Å². The number of carbonyl (C=O) groups excluding carboxylic acids is 1. The van der Waals surface area contributed by atoms with Crippen LogP contribution >= 0.6 is 11.3 Å². The van der Waals surface area contributed by atoms with E-state index in [9.17, 15) is 13.2 Å². The zero-order chi connectivity index (χ0) is 16.2. The number of hydrogen-bond acceptors (Lipinski definition) is 7. The molecule has 124 valence electrons. The molecule has 1 aromatic heterocycles. The molecule has 1 saturated carbocycles. The molecule has 1 heterocycles. The fourth-order valence-corrected chi connectivity index (χ4v) is 4.30. The number of anilines is 1. The van der Waals surface area contributed by atoms with Gasteiger partial charge in [-0.2, -0.15) is 0 Å². The normalized spacial score (nSPS) is 16.3. The van der Waals surface area contributed by atoms with Gasteiger partial charge in [-0.3, -0.25) is 9.52 Å². The first-order valence-electron chi connectivity index (χ1n) is 7.10. The summed E-state index contributed by atoms with van der Waals surface area (Å²) < 4.78 is 36.3. The minimum atomic E-state index is -3.34. The molecule has 1 N–H and O–H groups in total. The Hall–Kier alpha value is -1.19. The number of thiazole rings is 1. The Morgan fingerprint density at radius 2 is 2.27 bits per heavy atom. The lowest BCUT2D eigenvalue weighted by molar-refractivity contribution is -0.145. The van der Waals surface area contributed by atoms with Gasteiger partial charge in [0, 0.05) is 19.1 Å². The molecule has 1 unspecified atom stereocenters. The number of nitrogens with zero attached hydrogens (tertiary/aromatic N) is 1. The zero-order valence-electron chi connectivity index (χ0n) is 12.6. The summed E-state index contributed by atoms with van der Waals surface area (Å²) in [6, 6.07) is 0. The van der Waals surface area contributed by atoms with Crippen LogP contribution in [0, 0.1) is 0 Å². The lowest BCUT2D eigenvalue weighted by Gasteiger charge is -2.12. The average Bonchev–Trinajstić information content (AvgIpc) is 3.23. The molecule has 9 heteroatoms. The highest BCUT2D eigenvalue weighted by molar-refractivity contribution is 7.93. The topological polar surface area (TPSA) is 94.6 Å². The van der Waals surface area contributed by atoms with Gasteiger partial charge in [-0.15, -0.1) is 11.3 Å². The van der Waals surface area contributed by atoms with Crippen molar-refractivity contribution in [2.45, 2.75) is 37.4 Å². The molecule has 0 amide bonds. The number of nitrogens with one attached hydrogen (secondary N) is 1. The van der Waals surface area contributed by atoms with Gasteiger partial charge in [0.2, 0.25) is 10.0 Å². The van der Waals surface area contributed by atoms with Crippen LogP contribution in [0.4, 0.5) is 5.13 Å². The molecule has 1 aliphatic rings. The second kappa shape index (κ2) is 7.38. The third-order valence-electron chi connectivity index (χ3n) is 3.25. The Labute approximate surface area is 134 Å². The van der Waals surface area contributed by atoms with Crippen molar-refractivity contribution in [3.8, 4) is 0 Å². The number of ether oxygens (including phenoxy) is 2. The SMILES string of the molecule is CCOC(=O)C(CCOC)c1csc(NS(=O)(=O)C2CC2)n1. The quantitative estimate of drug-likeness (QED) is 0.683. The standard InChI is InChI=1S/C13H20N2O5S2/c1-3-20-12(16)10(6-7-19-2)11-8-21-13(14-11)15-22(17,18)9-4-5-9/h8-10H,3-7H2,1-2H3,(H,14,15). The van der Waals surface area contributed by atoms with Gasteiger partial charge in [0.1, 0.15) is 5.92 Å². The number of carbonyl (C=O) groups is 1. The van der Waals surface area contributed by atoms with Crippen molar-refractivity contribution >= 4 is 32.5 Å². The first-order chi connectivity index (χ1) is 10.5. The Morgan fingerprint density at radius 3 is 2.86 bits per heavy atom. The molecule has 7 nitrogen and oxygen atoms in total. The van der Waals surface area contributed by atoms with E-state index in [1.807, 2.05) is 0 Å². The van der Waals surface area contributed by atoms with Crippen molar-refractivity contribution in [3.05, 3.63) is 11.1 Å². The van der Waals surface area contributed by atoms with Gasteiger partial charge in [0.25, 0.3) is 0 Å². The minimum Gasteiger partial charge on any atom is -0.465 e. The molecular formula is C13H20N2O5S2. The van der Waals surface area contributed by atoms with Crippen molar-refractivity contribution in [2.75, 3.05) is 25.0 Å². The van der Waals surface area contributed by atoms with Gasteiger partial charge in [0.15, 0.2) is 5.13 Å². The van der Waals surface area contributed by atoms with E-state index in [1.165, 1.54) is 11.3 Å². The smallest absolute Gasteiger partial charge is 0.315 e. The third kappa shape index (κ3) is 4.40. The Morgan fingerprint density at radius 1 is 1.55 bits per heavy atom. The van der Waals surface area contributed by atoms with Crippen LogP contribution < -0.4 is 4.72 Å². The molecule has 0 aliphatic heterocycles. The van der Waals surface area contributed by atoms with Crippen LogP contribution in [0.3, 0.4) is 0 Å². The van der Waals surface area contributed by atoms with E-state index in [1.54, 1.807) is 19.4 Å². The van der Waals surface area contributed by atoms with Crippen molar-refractivity contribution in [2.24, 2.45) is 0 Å². The Kier molecular flexibility index (Phi) is 5.76. The number of sulfonamides is 1. The fourth-order valence-electron chi connectivity index (χ4n) is 1.94. The molecular weight excluding hydrogens is 328 g/mol. The second-order valence-corrected chi connectivity index (χ2v) is 7.83. The maximum Gasteiger partial charge on any atom is 0.315 e. The maximum atomic E-state index is 12.0. The first kappa shape index (κ1) is 17.2. The first-order valence-corrected chi connectivity index (χ1v) is 9.53. The molecule has 0 bridgehead atoms. The van der Waals surface area contributed by atoms with E-state index >= 15 is 0 Å². The maximum absolute atomic E-state index is 12.0. The van der Waals surface area contributed by atoms with E-state index in [4.69, 9.17) is 9.47 Å². The number of esters is 1. The van der Waals surface area contributed by atoms with E-state index < -0.39 is 15.9 Å². The van der Waals surface area contributed by atoms with Crippen LogP contribution in [0.5, 0.6) is 0 Å². The number of rotatable bonds is 9. The number of methoxy groups -OCH3 is 1. The number of aromatic nitrogens is 1. The molecule has 2 rings (SSSR count). The molecule has 22 heavy (non-hydrogen) atoms. The van der Waals surface area contributed by atoms with Crippen LogP contribution in [0.25, 0.3) is 0 Å². The monoisotopic (exact) mass is 348 g/mol. The van der Waals surface area contributed by atoms with Gasteiger partial charge in [-0.25, -0.2) is 13.4 Å². The van der Waals surface area contributed by atoms with Gasteiger partial charge >= 0.3 is 5.97 Å². The van der Waals surface area contributed by atoms with Crippen molar-refractivity contribution < 1.29 is 22.7 Å². The van der Waals surface area contributed by atoms with Gasteiger partial charge in [-0.1, -0.05) is 0 Å². The summed E-state index contributed by atoms with van der Waals surface area (Å²) in [6.45, 7) is 2.42. The van der Waals surface area contributed by atoms with Crippen LogP contribution in [-0.2, 0) is 24.3 Å². The highest BCUT2D eigenvalue weighted by Gasteiger charge is 2.36. The summed E-state index contributed by atoms with van der Waals surface area (Å²) in [5, 5.41) is 1.66. The predicted molar refractivity (Wildman–Crippen MR) is 83.5 cm³/mol. The average molecular weight is 348 g/mol. The van der Waals surface area contributed by atoms with Crippen molar-refractivity contribution in [1.29, 1.82) is 0 Å². The largest absolute Gasteiger partial charge is 0.465 e. The van der Waals surface area contributed by atoms with Crippen molar-refractivity contribution in [3.63, 3.8) is 0 Å². The predicted octanol–water partition coefficient (Wildman–Crippen LogP) is 1.73. The van der Waals surface area contributed by atoms with E-state index in [0.717, 1.165) is 0 Å². The van der Waals surface area contributed by atoms with Gasteiger partial charge in [-0.05, 0) is 26.2 Å². The fraction of sp³-hybridized carbons (Fsp3) is 0.692. The Balaban J connectivity index is 2.09. The molecule has 1 aromatic rings. The van der Waals surface area contributed by atoms with E-state index in [2.05, 4.69) is 9.71 Å². The summed E-state index contributed by atoms with van der Waals surface area (Å²) >= 11 is 1.17. The molecule has 0 saturated heterocycles. The molecule has 0 aromatic carbocycles. The second-order valence-electron chi connectivity index (χ2n) is 5.01. The summed E-state index contributed by atoms with van der Waals surface area (Å²) in [4.78, 5) is 16.2. The van der Waals surface area contributed by atoms with Crippen LogP contribution in [0.1, 0.15) is 37.8 Å². The molecule has 0 spiro atoms. The van der Waals surface area contributed by atoms with E-state index in [-0.39, 0.29) is 23.0 Å². The van der Waals surface area contributed by atoms with Gasteiger partial charge in [0.05, 0.1) is 17.6 Å². The van der Waals surface area contributed by atoms with Crippen LogP contribution in [0.15, 0.2) is 5.38 Å². The molecule has 0 radical (unpaired) electrons. The Bertz CT molecular complexity index is 610.